The number of ether oxygens (including phenoxy) is 3. The van der Waals surface area contributed by atoms with Crippen molar-refractivity contribution in [2.24, 2.45) is 0 Å². The number of rotatable bonds is 5. The van der Waals surface area contributed by atoms with E-state index in [1.54, 1.807) is 12.1 Å². The smallest absolute Gasteiger partial charge is 0.343 e. The Morgan fingerprint density at radius 3 is 2.52 bits per heavy atom. The Kier molecular flexibility index (Phi) is 5.38. The van der Waals surface area contributed by atoms with Crippen LogP contribution in [0.25, 0.3) is 0 Å². The summed E-state index contributed by atoms with van der Waals surface area (Å²) in [7, 11) is 1.33. The van der Waals surface area contributed by atoms with Crippen molar-refractivity contribution in [3.05, 3.63) is 89.5 Å². The summed E-state index contributed by atoms with van der Waals surface area (Å²) in [5.41, 5.74) is 3.21. The van der Waals surface area contributed by atoms with Crippen molar-refractivity contribution in [3.8, 4) is 17.2 Å². The molecule has 0 radical (unpaired) electrons. The third kappa shape index (κ3) is 4.04. The zero-order valence-electron chi connectivity index (χ0n) is 16.1. The fourth-order valence-electron chi connectivity index (χ4n) is 3.78. The number of aromatic hydroxyl groups is 1. The van der Waals surface area contributed by atoms with Crippen molar-refractivity contribution in [1.29, 1.82) is 0 Å². The maximum absolute atomic E-state index is 11.3. The number of carbonyl (C=O) groups is 1. The number of hydrogen-bond donors (Lipinski definition) is 1. The molecule has 5 heteroatoms. The lowest BCUT2D eigenvalue weighted by Crippen LogP contribution is -2.25. The molecule has 1 N–H and O–H groups in total. The van der Waals surface area contributed by atoms with Gasteiger partial charge in [0, 0.05) is 17.4 Å². The third-order valence-corrected chi connectivity index (χ3v) is 5.20. The molecule has 1 heterocycles. The van der Waals surface area contributed by atoms with Crippen LogP contribution in [0.3, 0.4) is 0 Å². The van der Waals surface area contributed by atoms with Crippen LogP contribution in [-0.2, 0) is 9.53 Å². The van der Waals surface area contributed by atoms with Gasteiger partial charge < -0.3 is 19.3 Å². The summed E-state index contributed by atoms with van der Waals surface area (Å²) >= 11 is 0. The molecule has 4 rings (SSSR count). The first-order valence-corrected chi connectivity index (χ1v) is 9.46. The highest BCUT2D eigenvalue weighted by molar-refractivity contribution is 5.70. The Balaban J connectivity index is 1.69. The molecule has 3 aromatic rings. The van der Waals surface area contributed by atoms with Gasteiger partial charge in [0.2, 0.25) is 0 Å². The van der Waals surface area contributed by atoms with E-state index in [1.807, 2.05) is 48.5 Å². The number of methoxy groups -OCH3 is 1. The first-order valence-electron chi connectivity index (χ1n) is 9.46. The monoisotopic (exact) mass is 390 g/mol. The highest BCUT2D eigenvalue weighted by atomic mass is 16.6. The summed E-state index contributed by atoms with van der Waals surface area (Å²) in [5, 5.41) is 10.1. The van der Waals surface area contributed by atoms with E-state index >= 15 is 0 Å². The van der Waals surface area contributed by atoms with E-state index < -0.39 is 5.97 Å². The zero-order valence-corrected chi connectivity index (χ0v) is 16.1. The second kappa shape index (κ2) is 8.27. The standard InChI is InChI=1S/C24H22O5/c1-27-23(26)15-28-19-10-7-17(8-11-19)24-20-13-18(25)9-12-22(20)29-14-21(24)16-5-3-2-4-6-16/h2-13,21,24-25H,14-15H2,1H3/t21-,24-/m0/s1. The van der Waals surface area contributed by atoms with Gasteiger partial charge >= 0.3 is 5.97 Å². The van der Waals surface area contributed by atoms with Crippen LogP contribution in [0.1, 0.15) is 28.5 Å². The van der Waals surface area contributed by atoms with Crippen LogP contribution in [0.4, 0.5) is 0 Å². The van der Waals surface area contributed by atoms with Gasteiger partial charge in [0.25, 0.3) is 0 Å². The van der Waals surface area contributed by atoms with Crippen molar-refractivity contribution < 1.29 is 24.1 Å². The van der Waals surface area contributed by atoms with E-state index in [4.69, 9.17) is 9.47 Å². The van der Waals surface area contributed by atoms with E-state index in [0.717, 1.165) is 16.9 Å². The lowest BCUT2D eigenvalue weighted by Gasteiger charge is -2.34. The quantitative estimate of drug-likeness (QED) is 0.660. The van der Waals surface area contributed by atoms with Crippen molar-refractivity contribution in [2.45, 2.75) is 11.8 Å². The molecule has 1 aliphatic rings. The Bertz CT molecular complexity index is 982. The lowest BCUT2D eigenvalue weighted by atomic mass is 9.76. The van der Waals surface area contributed by atoms with Crippen molar-refractivity contribution in [2.75, 3.05) is 20.3 Å². The molecule has 29 heavy (non-hydrogen) atoms. The van der Waals surface area contributed by atoms with Crippen LogP contribution in [0, 0.1) is 0 Å². The van der Waals surface area contributed by atoms with Gasteiger partial charge in [0.05, 0.1) is 13.7 Å². The van der Waals surface area contributed by atoms with Crippen LogP contribution in [0.5, 0.6) is 17.2 Å². The summed E-state index contributed by atoms with van der Waals surface area (Å²) in [6.07, 6.45) is 0. The van der Waals surface area contributed by atoms with E-state index in [-0.39, 0.29) is 24.2 Å². The highest BCUT2D eigenvalue weighted by Crippen LogP contribution is 2.47. The Hall–Kier alpha value is -3.47. The molecule has 0 unspecified atom stereocenters. The number of benzene rings is 3. The number of fused-ring (bicyclic) bond motifs is 1. The molecule has 0 spiro atoms. The molecule has 148 valence electrons. The second-order valence-electron chi connectivity index (χ2n) is 6.96. The molecule has 0 bridgehead atoms. The Labute approximate surface area is 169 Å². The first-order chi connectivity index (χ1) is 14.2. The summed E-state index contributed by atoms with van der Waals surface area (Å²) in [6, 6.07) is 23.1. The predicted molar refractivity (Wildman–Crippen MR) is 109 cm³/mol. The van der Waals surface area contributed by atoms with Gasteiger partial charge in [-0.25, -0.2) is 4.79 Å². The Morgan fingerprint density at radius 1 is 1.03 bits per heavy atom. The van der Waals surface area contributed by atoms with E-state index in [2.05, 4.69) is 16.9 Å². The molecular formula is C24H22O5. The molecule has 1 aliphatic heterocycles. The molecule has 3 aromatic carbocycles. The minimum absolute atomic E-state index is 0.0166. The lowest BCUT2D eigenvalue weighted by molar-refractivity contribution is -0.142. The van der Waals surface area contributed by atoms with Crippen LogP contribution in [-0.4, -0.2) is 31.4 Å². The van der Waals surface area contributed by atoms with Gasteiger partial charge in [-0.2, -0.15) is 0 Å². The molecule has 0 amide bonds. The van der Waals surface area contributed by atoms with E-state index in [1.165, 1.54) is 12.7 Å². The normalized spacial score (nSPS) is 17.7. The van der Waals surface area contributed by atoms with Crippen molar-refractivity contribution >= 4 is 5.97 Å². The van der Waals surface area contributed by atoms with Gasteiger partial charge in [-0.15, -0.1) is 0 Å². The molecule has 5 nitrogen and oxygen atoms in total. The first kappa shape index (κ1) is 18.9. The highest BCUT2D eigenvalue weighted by Gasteiger charge is 2.33. The molecular weight excluding hydrogens is 368 g/mol. The average molecular weight is 390 g/mol. The Morgan fingerprint density at radius 2 is 1.79 bits per heavy atom. The second-order valence-corrected chi connectivity index (χ2v) is 6.96. The minimum Gasteiger partial charge on any atom is -0.508 e. The van der Waals surface area contributed by atoms with Crippen LogP contribution in [0.15, 0.2) is 72.8 Å². The predicted octanol–water partition coefficient (Wildman–Crippen LogP) is 4.25. The van der Waals surface area contributed by atoms with Gasteiger partial charge in [-0.3, -0.25) is 0 Å². The van der Waals surface area contributed by atoms with Crippen LogP contribution in [0.2, 0.25) is 0 Å². The van der Waals surface area contributed by atoms with Gasteiger partial charge in [-0.1, -0.05) is 42.5 Å². The molecule has 2 atom stereocenters. The number of hydrogen-bond acceptors (Lipinski definition) is 5. The van der Waals surface area contributed by atoms with E-state index in [0.29, 0.717) is 12.4 Å². The molecule has 0 saturated carbocycles. The molecule has 0 fully saturated rings. The van der Waals surface area contributed by atoms with Gasteiger partial charge in [0.15, 0.2) is 6.61 Å². The molecule has 0 saturated heterocycles. The van der Waals surface area contributed by atoms with E-state index in [9.17, 15) is 9.90 Å². The number of esters is 1. The maximum atomic E-state index is 11.3. The molecule has 0 aliphatic carbocycles. The molecule has 0 aromatic heterocycles. The van der Waals surface area contributed by atoms with Crippen molar-refractivity contribution in [1.82, 2.24) is 0 Å². The topological polar surface area (TPSA) is 65.0 Å². The van der Waals surface area contributed by atoms with Gasteiger partial charge in [0.1, 0.15) is 17.2 Å². The third-order valence-electron chi connectivity index (χ3n) is 5.20. The fraction of sp³-hybridized carbons (Fsp3) is 0.208. The summed E-state index contributed by atoms with van der Waals surface area (Å²) in [4.78, 5) is 11.3. The maximum Gasteiger partial charge on any atom is 0.343 e. The number of phenols is 1. The fourth-order valence-corrected chi connectivity index (χ4v) is 3.78. The summed E-state index contributed by atoms with van der Waals surface area (Å²) < 4.78 is 16.1. The minimum atomic E-state index is -0.424. The summed E-state index contributed by atoms with van der Waals surface area (Å²) in [5.74, 6) is 1.29. The number of phenolic OH excluding ortho intramolecular Hbond substituents is 1. The van der Waals surface area contributed by atoms with Crippen LogP contribution >= 0.6 is 0 Å². The largest absolute Gasteiger partial charge is 0.508 e. The number of carbonyl (C=O) groups excluding carboxylic acids is 1. The van der Waals surface area contributed by atoms with Gasteiger partial charge in [-0.05, 0) is 41.5 Å². The van der Waals surface area contributed by atoms with Crippen molar-refractivity contribution in [3.63, 3.8) is 0 Å². The SMILES string of the molecule is COC(=O)COc1ccc([C@H]2c3cc(O)ccc3OC[C@H]2c2ccccc2)cc1. The summed E-state index contributed by atoms with van der Waals surface area (Å²) in [6.45, 7) is 0.420. The van der Waals surface area contributed by atoms with Crippen LogP contribution < -0.4 is 9.47 Å². The average Bonchev–Trinajstić information content (AvgIpc) is 2.77. The zero-order chi connectivity index (χ0) is 20.2.